The zero-order chi connectivity index (χ0) is 33.9. The summed E-state index contributed by atoms with van der Waals surface area (Å²) in [5.74, 6) is -0.240. The number of anilines is 3. The third-order valence-electron chi connectivity index (χ3n) is 8.49. The van der Waals surface area contributed by atoms with Crippen LogP contribution < -0.4 is 4.90 Å². The van der Waals surface area contributed by atoms with Crippen LogP contribution in [-0.4, -0.2) is 36.1 Å². The van der Waals surface area contributed by atoms with Crippen molar-refractivity contribution in [2.45, 2.75) is 59.8 Å². The molecule has 1 aliphatic rings. The third kappa shape index (κ3) is 7.19. The fourth-order valence-corrected chi connectivity index (χ4v) is 5.73. The van der Waals surface area contributed by atoms with Crippen LogP contribution in [0.1, 0.15) is 86.4 Å². The van der Waals surface area contributed by atoms with Crippen LogP contribution >= 0.6 is 0 Å². The van der Waals surface area contributed by atoms with Crippen molar-refractivity contribution >= 4 is 34.8 Å². The number of aromatic nitrogens is 2. The zero-order valence-electron chi connectivity index (χ0n) is 28.5. The Bertz CT molecular complexity index is 1820. The molecule has 0 saturated heterocycles. The molecule has 0 unspecified atom stereocenters. The van der Waals surface area contributed by atoms with Crippen LogP contribution in [0.15, 0.2) is 96.6 Å². The fraction of sp³-hybridized carbons (Fsp3) is 0.300. The zero-order valence-corrected chi connectivity index (χ0v) is 28.5. The van der Waals surface area contributed by atoms with Crippen LogP contribution in [0.3, 0.4) is 0 Å². The van der Waals surface area contributed by atoms with E-state index >= 15 is 0 Å². The lowest BCUT2D eigenvalue weighted by Crippen LogP contribution is -2.21. The summed E-state index contributed by atoms with van der Waals surface area (Å²) in [5.41, 5.74) is 6.94. The Morgan fingerprint density at radius 1 is 0.638 bits per heavy atom. The second kappa shape index (κ2) is 13.4. The van der Waals surface area contributed by atoms with Crippen molar-refractivity contribution < 1.29 is 19.1 Å². The predicted molar refractivity (Wildman–Crippen MR) is 188 cm³/mol. The van der Waals surface area contributed by atoms with Gasteiger partial charge in [-0.2, -0.15) is 0 Å². The highest BCUT2D eigenvalue weighted by atomic mass is 16.5. The summed E-state index contributed by atoms with van der Waals surface area (Å²) in [7, 11) is 2.63. The van der Waals surface area contributed by atoms with Gasteiger partial charge in [0, 0.05) is 5.56 Å². The Labute approximate surface area is 278 Å². The number of pyridine rings is 2. The highest BCUT2D eigenvalue weighted by molar-refractivity contribution is 6.07. The lowest BCUT2D eigenvalue weighted by Gasteiger charge is -2.28. The molecule has 2 aromatic carbocycles. The van der Waals surface area contributed by atoms with Crippen LogP contribution in [-0.2, 0) is 14.9 Å². The van der Waals surface area contributed by atoms with Crippen LogP contribution in [0.4, 0.5) is 17.3 Å². The second-order valence-corrected chi connectivity index (χ2v) is 13.7. The smallest absolute Gasteiger partial charge is 0.340 e. The summed E-state index contributed by atoms with van der Waals surface area (Å²) < 4.78 is 10.4. The van der Waals surface area contributed by atoms with Crippen LogP contribution in [0.5, 0.6) is 0 Å². The number of ether oxygens (including phenoxy) is 2. The maximum atomic E-state index is 13.2. The molecular formula is C40H43N3O4. The van der Waals surface area contributed by atoms with Crippen molar-refractivity contribution in [2.75, 3.05) is 19.1 Å². The minimum Gasteiger partial charge on any atom is -0.465 e. The number of carbonyl (C=O) groups excluding carboxylic acids is 2. The van der Waals surface area contributed by atoms with Crippen molar-refractivity contribution in [3.63, 3.8) is 0 Å². The molecule has 0 saturated carbocycles. The largest absolute Gasteiger partial charge is 0.465 e. The van der Waals surface area contributed by atoms with E-state index in [9.17, 15) is 9.59 Å². The van der Waals surface area contributed by atoms with Gasteiger partial charge in [-0.15, -0.1) is 0 Å². The quantitative estimate of drug-likeness (QED) is 0.188. The SMILES string of the molecule is COC(=O)c1cccc(C(=O)OC)c1N(c1cccc(C2=CC=C(C(C)(C)C)CC2)n1)c1cccc(-c2ccc(C(C)(C)C)cc2)n1. The third-order valence-corrected chi connectivity index (χ3v) is 8.49. The highest BCUT2D eigenvalue weighted by Crippen LogP contribution is 2.40. The van der Waals surface area contributed by atoms with Gasteiger partial charge in [0.05, 0.1) is 42.4 Å². The van der Waals surface area contributed by atoms with E-state index < -0.39 is 11.9 Å². The molecule has 0 spiro atoms. The molecule has 0 radical (unpaired) electrons. The molecule has 2 heterocycles. The molecule has 7 heteroatoms. The van der Waals surface area contributed by atoms with Crippen molar-refractivity contribution in [3.8, 4) is 11.3 Å². The van der Waals surface area contributed by atoms with Crippen molar-refractivity contribution in [1.82, 2.24) is 9.97 Å². The second-order valence-electron chi connectivity index (χ2n) is 13.7. The normalized spacial score (nSPS) is 13.4. The summed E-state index contributed by atoms with van der Waals surface area (Å²) in [6.45, 7) is 13.2. The Morgan fingerprint density at radius 3 is 1.66 bits per heavy atom. The van der Waals surface area contributed by atoms with E-state index in [-0.39, 0.29) is 27.6 Å². The first-order chi connectivity index (χ1) is 22.3. The summed E-state index contributed by atoms with van der Waals surface area (Å²) in [6, 6.07) is 24.7. The molecule has 7 nitrogen and oxygen atoms in total. The van der Waals surface area contributed by atoms with Crippen molar-refractivity contribution in [2.24, 2.45) is 5.41 Å². The number of methoxy groups -OCH3 is 2. The molecule has 0 aliphatic heterocycles. The fourth-order valence-electron chi connectivity index (χ4n) is 5.73. The molecule has 1 aliphatic carbocycles. The number of hydrogen-bond donors (Lipinski definition) is 0. The Morgan fingerprint density at radius 2 is 1.17 bits per heavy atom. The topological polar surface area (TPSA) is 81.6 Å². The summed E-state index contributed by atoms with van der Waals surface area (Å²) >= 11 is 0. The van der Waals surface area contributed by atoms with E-state index in [2.05, 4.69) is 78.0 Å². The highest BCUT2D eigenvalue weighted by Gasteiger charge is 2.29. The molecule has 0 fully saturated rings. The number of allylic oxidation sites excluding steroid dienone is 4. The van der Waals surface area contributed by atoms with Gasteiger partial charge in [0.1, 0.15) is 11.6 Å². The average molecular weight is 630 g/mol. The Balaban J connectivity index is 1.72. The van der Waals surface area contributed by atoms with E-state index in [1.165, 1.54) is 25.4 Å². The maximum Gasteiger partial charge on any atom is 0.340 e. The molecule has 5 rings (SSSR count). The number of para-hydroxylation sites is 1. The van der Waals surface area contributed by atoms with Gasteiger partial charge in [0.25, 0.3) is 0 Å². The first kappa shape index (κ1) is 33.3. The molecule has 0 amide bonds. The van der Waals surface area contributed by atoms with E-state index in [0.717, 1.165) is 35.4 Å². The van der Waals surface area contributed by atoms with Gasteiger partial charge in [-0.3, -0.25) is 4.90 Å². The van der Waals surface area contributed by atoms with E-state index in [4.69, 9.17) is 19.4 Å². The average Bonchev–Trinajstić information content (AvgIpc) is 3.07. The standard InChI is InChI=1S/C40H43N3O4/c1-39(2,3)28-22-18-26(19-23-28)32-14-10-16-34(41-32)43(36-30(37(44)46-7)12-9-13-31(36)38(45)47-8)35-17-11-15-33(42-35)27-20-24-29(25-21-27)40(4,5)6/h9-20,22-24H,21,25H2,1-8H3. The molecule has 0 bridgehead atoms. The summed E-state index contributed by atoms with van der Waals surface area (Å²) in [4.78, 5) is 38.4. The lowest BCUT2D eigenvalue weighted by molar-refractivity contribution is 0.0601. The number of nitrogens with zero attached hydrogens (tertiary/aromatic N) is 3. The molecule has 2 aromatic heterocycles. The van der Waals surface area contributed by atoms with Crippen molar-refractivity contribution in [1.29, 1.82) is 0 Å². The number of carbonyl (C=O) groups is 2. The van der Waals surface area contributed by atoms with E-state index in [1.54, 1.807) is 23.1 Å². The van der Waals surface area contributed by atoms with Crippen LogP contribution in [0.25, 0.3) is 16.8 Å². The Kier molecular flexibility index (Phi) is 9.48. The first-order valence-electron chi connectivity index (χ1n) is 15.9. The van der Waals surface area contributed by atoms with E-state index in [0.29, 0.717) is 11.6 Å². The minimum absolute atomic E-state index is 0.0149. The number of hydrogen-bond acceptors (Lipinski definition) is 7. The molecule has 0 N–H and O–H groups in total. The maximum absolute atomic E-state index is 13.2. The van der Waals surface area contributed by atoms with Gasteiger partial charge in [0.15, 0.2) is 0 Å². The predicted octanol–water partition coefficient (Wildman–Crippen LogP) is 9.63. The van der Waals surface area contributed by atoms with Gasteiger partial charge in [-0.25, -0.2) is 19.6 Å². The first-order valence-corrected chi connectivity index (χ1v) is 15.9. The van der Waals surface area contributed by atoms with Gasteiger partial charge in [-0.05, 0) is 71.2 Å². The van der Waals surface area contributed by atoms with Gasteiger partial charge in [-0.1, -0.05) is 102 Å². The van der Waals surface area contributed by atoms with Crippen LogP contribution in [0, 0.1) is 5.41 Å². The van der Waals surface area contributed by atoms with Crippen LogP contribution in [0.2, 0.25) is 0 Å². The van der Waals surface area contributed by atoms with E-state index in [1.807, 2.05) is 36.4 Å². The molecule has 242 valence electrons. The van der Waals surface area contributed by atoms with Gasteiger partial charge in [0.2, 0.25) is 0 Å². The number of benzene rings is 2. The van der Waals surface area contributed by atoms with Crippen molar-refractivity contribution in [3.05, 3.63) is 119 Å². The number of rotatable bonds is 7. The molecule has 0 atom stereocenters. The summed E-state index contributed by atoms with van der Waals surface area (Å²) in [6.07, 6.45) is 6.13. The molecular weight excluding hydrogens is 586 g/mol. The number of esters is 2. The molecule has 4 aromatic rings. The lowest BCUT2D eigenvalue weighted by atomic mass is 9.80. The minimum atomic E-state index is -0.601. The summed E-state index contributed by atoms with van der Waals surface area (Å²) in [5, 5.41) is 0. The molecule has 47 heavy (non-hydrogen) atoms. The monoisotopic (exact) mass is 629 g/mol. The Hall–Kier alpha value is -5.04. The van der Waals surface area contributed by atoms with Gasteiger partial charge < -0.3 is 9.47 Å². The van der Waals surface area contributed by atoms with Gasteiger partial charge >= 0.3 is 11.9 Å².